The van der Waals surface area contributed by atoms with E-state index in [4.69, 9.17) is 20.9 Å². The molecule has 0 aromatic heterocycles. The zero-order valence-corrected chi connectivity index (χ0v) is 14.9. The average Bonchev–Trinajstić information content (AvgIpc) is 2.65. The van der Waals surface area contributed by atoms with E-state index in [-0.39, 0.29) is 0 Å². The maximum atomic E-state index is 6.05. The van der Waals surface area contributed by atoms with Crippen molar-refractivity contribution in [2.75, 3.05) is 11.5 Å². The molecular formula is C22H24N2O2. The van der Waals surface area contributed by atoms with Crippen molar-refractivity contribution in [1.82, 2.24) is 0 Å². The second-order valence-corrected chi connectivity index (χ2v) is 6.22. The van der Waals surface area contributed by atoms with Gasteiger partial charge in [-0.05, 0) is 85.1 Å². The second kappa shape index (κ2) is 8.30. The number of rotatable bonds is 7. The maximum absolute atomic E-state index is 6.05. The van der Waals surface area contributed by atoms with Crippen molar-refractivity contribution in [2.45, 2.75) is 26.2 Å². The first-order chi connectivity index (χ1) is 12.6. The third-order valence-electron chi connectivity index (χ3n) is 4.06. The van der Waals surface area contributed by atoms with E-state index in [2.05, 4.69) is 6.92 Å². The summed E-state index contributed by atoms with van der Waals surface area (Å²) in [5.41, 5.74) is 14.0. The molecule has 0 fully saturated rings. The van der Waals surface area contributed by atoms with Crippen LogP contribution in [0.4, 0.5) is 11.4 Å². The van der Waals surface area contributed by atoms with Crippen molar-refractivity contribution >= 4 is 11.4 Å². The Bertz CT molecular complexity index is 843. The predicted molar refractivity (Wildman–Crippen MR) is 107 cm³/mol. The number of unbranched alkanes of at least 4 members (excludes halogenated alkanes) is 1. The lowest BCUT2D eigenvalue weighted by molar-refractivity contribution is 0.463. The van der Waals surface area contributed by atoms with Gasteiger partial charge in [0.15, 0.2) is 0 Å². The molecule has 26 heavy (non-hydrogen) atoms. The molecule has 4 N–H and O–H groups in total. The molecule has 0 saturated carbocycles. The van der Waals surface area contributed by atoms with Gasteiger partial charge in [-0.3, -0.25) is 0 Å². The standard InChI is InChI=1S/C22H24N2O2/c1-2-3-4-16-15-21(25-19-9-5-17(23)6-10-19)13-14-22(16)26-20-11-7-18(24)8-12-20/h5-15H,2-4,23-24H2,1H3. The van der Waals surface area contributed by atoms with Gasteiger partial charge >= 0.3 is 0 Å². The average molecular weight is 348 g/mol. The lowest BCUT2D eigenvalue weighted by atomic mass is 10.1. The van der Waals surface area contributed by atoms with E-state index >= 15 is 0 Å². The number of ether oxygens (including phenoxy) is 2. The van der Waals surface area contributed by atoms with Crippen LogP contribution in [0.5, 0.6) is 23.0 Å². The Morgan fingerprint density at radius 1 is 0.692 bits per heavy atom. The predicted octanol–water partition coefficient (Wildman–Crippen LogP) is 5.78. The summed E-state index contributed by atoms with van der Waals surface area (Å²) in [6, 6.07) is 20.7. The van der Waals surface area contributed by atoms with Crippen LogP contribution >= 0.6 is 0 Å². The van der Waals surface area contributed by atoms with Gasteiger partial charge in [-0.2, -0.15) is 0 Å². The van der Waals surface area contributed by atoms with Gasteiger partial charge in [0.1, 0.15) is 23.0 Å². The van der Waals surface area contributed by atoms with Crippen molar-refractivity contribution in [3.8, 4) is 23.0 Å². The zero-order valence-electron chi connectivity index (χ0n) is 14.9. The third kappa shape index (κ3) is 4.70. The molecule has 0 aliphatic heterocycles. The molecular weight excluding hydrogens is 324 g/mol. The number of benzene rings is 3. The minimum atomic E-state index is 0.716. The topological polar surface area (TPSA) is 70.5 Å². The lowest BCUT2D eigenvalue weighted by Crippen LogP contribution is -1.95. The highest BCUT2D eigenvalue weighted by Gasteiger charge is 2.08. The van der Waals surface area contributed by atoms with Crippen molar-refractivity contribution < 1.29 is 9.47 Å². The molecule has 0 amide bonds. The number of hydrogen-bond donors (Lipinski definition) is 2. The van der Waals surface area contributed by atoms with Gasteiger partial charge in [0.2, 0.25) is 0 Å². The Hall–Kier alpha value is -3.14. The second-order valence-electron chi connectivity index (χ2n) is 6.22. The number of anilines is 2. The maximum Gasteiger partial charge on any atom is 0.130 e. The Balaban J connectivity index is 1.82. The Kier molecular flexibility index (Phi) is 5.64. The van der Waals surface area contributed by atoms with Crippen LogP contribution in [0.2, 0.25) is 0 Å². The molecule has 0 heterocycles. The fourth-order valence-electron chi connectivity index (χ4n) is 2.62. The van der Waals surface area contributed by atoms with E-state index in [1.807, 2.05) is 66.7 Å². The van der Waals surface area contributed by atoms with E-state index in [0.29, 0.717) is 5.69 Å². The lowest BCUT2D eigenvalue weighted by Gasteiger charge is -2.14. The first-order valence-electron chi connectivity index (χ1n) is 8.84. The summed E-state index contributed by atoms with van der Waals surface area (Å²) in [7, 11) is 0. The molecule has 0 unspecified atom stereocenters. The van der Waals surface area contributed by atoms with Gasteiger partial charge in [0.25, 0.3) is 0 Å². The normalized spacial score (nSPS) is 10.5. The fraction of sp³-hybridized carbons (Fsp3) is 0.182. The van der Waals surface area contributed by atoms with Crippen LogP contribution in [0.3, 0.4) is 0 Å². The molecule has 0 aliphatic carbocycles. The summed E-state index contributed by atoms with van der Waals surface area (Å²) in [4.78, 5) is 0. The highest BCUT2D eigenvalue weighted by atomic mass is 16.5. The van der Waals surface area contributed by atoms with Crippen LogP contribution in [0.15, 0.2) is 66.7 Å². The van der Waals surface area contributed by atoms with E-state index < -0.39 is 0 Å². The number of nitrogen functional groups attached to an aromatic ring is 2. The van der Waals surface area contributed by atoms with Crippen LogP contribution in [0, 0.1) is 0 Å². The molecule has 4 nitrogen and oxygen atoms in total. The number of aryl methyl sites for hydroxylation is 1. The first kappa shape index (κ1) is 17.7. The van der Waals surface area contributed by atoms with Gasteiger partial charge in [0.05, 0.1) is 0 Å². The Labute approximate surface area is 154 Å². The zero-order chi connectivity index (χ0) is 18.4. The van der Waals surface area contributed by atoms with Crippen molar-refractivity contribution in [1.29, 1.82) is 0 Å². The molecule has 0 spiro atoms. The molecule has 0 saturated heterocycles. The minimum Gasteiger partial charge on any atom is -0.457 e. The molecule has 3 aromatic carbocycles. The Morgan fingerprint density at radius 3 is 1.81 bits per heavy atom. The molecule has 0 atom stereocenters. The minimum absolute atomic E-state index is 0.716. The summed E-state index contributed by atoms with van der Waals surface area (Å²) in [5, 5.41) is 0. The summed E-state index contributed by atoms with van der Waals surface area (Å²) in [5.74, 6) is 3.15. The summed E-state index contributed by atoms with van der Waals surface area (Å²) in [6.07, 6.45) is 3.13. The molecule has 3 aromatic rings. The van der Waals surface area contributed by atoms with Crippen molar-refractivity contribution in [3.63, 3.8) is 0 Å². The smallest absolute Gasteiger partial charge is 0.130 e. The fourth-order valence-corrected chi connectivity index (χ4v) is 2.62. The van der Waals surface area contributed by atoms with Crippen molar-refractivity contribution in [3.05, 3.63) is 72.3 Å². The van der Waals surface area contributed by atoms with Crippen molar-refractivity contribution in [2.24, 2.45) is 0 Å². The molecule has 134 valence electrons. The molecule has 3 rings (SSSR count). The SMILES string of the molecule is CCCCc1cc(Oc2ccc(N)cc2)ccc1Oc1ccc(N)cc1. The monoisotopic (exact) mass is 348 g/mol. The van der Waals surface area contributed by atoms with E-state index in [0.717, 1.165) is 53.5 Å². The molecule has 0 radical (unpaired) electrons. The highest BCUT2D eigenvalue weighted by Crippen LogP contribution is 2.32. The summed E-state index contributed by atoms with van der Waals surface area (Å²) < 4.78 is 12.0. The van der Waals surface area contributed by atoms with E-state index in [1.54, 1.807) is 0 Å². The van der Waals surface area contributed by atoms with Crippen LogP contribution in [0.25, 0.3) is 0 Å². The van der Waals surface area contributed by atoms with E-state index in [1.165, 1.54) is 0 Å². The van der Waals surface area contributed by atoms with Crippen LogP contribution < -0.4 is 20.9 Å². The molecule has 4 heteroatoms. The van der Waals surface area contributed by atoms with Gasteiger partial charge < -0.3 is 20.9 Å². The molecule has 0 bridgehead atoms. The van der Waals surface area contributed by atoms with Crippen LogP contribution in [0.1, 0.15) is 25.3 Å². The highest BCUT2D eigenvalue weighted by molar-refractivity contribution is 5.48. The first-order valence-corrected chi connectivity index (χ1v) is 8.84. The van der Waals surface area contributed by atoms with Crippen LogP contribution in [-0.4, -0.2) is 0 Å². The number of nitrogens with two attached hydrogens (primary N) is 2. The number of hydrogen-bond acceptors (Lipinski definition) is 4. The van der Waals surface area contributed by atoms with Gasteiger partial charge in [-0.1, -0.05) is 13.3 Å². The summed E-state index contributed by atoms with van der Waals surface area (Å²) in [6.45, 7) is 2.18. The van der Waals surface area contributed by atoms with Gasteiger partial charge in [0, 0.05) is 11.4 Å². The summed E-state index contributed by atoms with van der Waals surface area (Å²) >= 11 is 0. The van der Waals surface area contributed by atoms with Gasteiger partial charge in [-0.15, -0.1) is 0 Å². The van der Waals surface area contributed by atoms with Gasteiger partial charge in [-0.25, -0.2) is 0 Å². The molecule has 0 aliphatic rings. The Morgan fingerprint density at radius 2 is 1.23 bits per heavy atom. The largest absolute Gasteiger partial charge is 0.457 e. The quantitative estimate of drug-likeness (QED) is 0.531. The van der Waals surface area contributed by atoms with Crippen LogP contribution in [-0.2, 0) is 6.42 Å². The third-order valence-corrected chi connectivity index (χ3v) is 4.06. The van der Waals surface area contributed by atoms with E-state index in [9.17, 15) is 0 Å².